The lowest BCUT2D eigenvalue weighted by atomic mass is 9.83. The second kappa shape index (κ2) is 9.45. The molecule has 2 aromatic carbocycles. The molecule has 1 aliphatic carbocycles. The molecule has 1 unspecified atom stereocenters. The predicted octanol–water partition coefficient (Wildman–Crippen LogP) is 5.18. The topological polar surface area (TPSA) is 94.1 Å². The van der Waals surface area contributed by atoms with E-state index in [2.05, 4.69) is 15.6 Å². The van der Waals surface area contributed by atoms with Gasteiger partial charge in [-0.05, 0) is 37.6 Å². The van der Waals surface area contributed by atoms with Gasteiger partial charge in [0.1, 0.15) is 23.9 Å². The minimum absolute atomic E-state index is 0.0154. The molecule has 224 valence electrons. The van der Waals surface area contributed by atoms with E-state index in [9.17, 15) is 9.59 Å². The van der Waals surface area contributed by atoms with E-state index < -0.39 is 18.6 Å². The maximum absolute atomic E-state index is 16.2. The zero-order valence-electron chi connectivity index (χ0n) is 24.0. The van der Waals surface area contributed by atoms with Crippen LogP contribution in [0.25, 0.3) is 5.57 Å². The van der Waals surface area contributed by atoms with Crippen molar-refractivity contribution < 1.29 is 27.4 Å². The lowest BCUT2D eigenvalue weighted by Gasteiger charge is -2.36. The monoisotopic (exact) mass is 624 g/mol. The third kappa shape index (κ3) is 3.88. The summed E-state index contributed by atoms with van der Waals surface area (Å²) in [5.41, 5.74) is 2.39. The SMILES string of the molecule is CC1(C)OC2=C(C(=O)c3ccccc3C2=O)C1n1cc(CNC2=[N+]3C(=C(c4ccccc4)c4ccc(Cl)n4[B-]3(F)F)C=C2)nn1. The highest BCUT2D eigenvalue weighted by molar-refractivity contribution is 6.59. The molecule has 4 aliphatic rings. The molecule has 0 saturated carbocycles. The highest BCUT2D eigenvalue weighted by atomic mass is 35.5. The number of amidine groups is 1. The number of halogens is 3. The second-order valence-electron chi connectivity index (χ2n) is 11.8. The molecule has 0 radical (unpaired) electrons. The van der Waals surface area contributed by atoms with Gasteiger partial charge in [-0.25, -0.2) is 4.68 Å². The summed E-state index contributed by atoms with van der Waals surface area (Å²) in [4.78, 5) is 26.8. The van der Waals surface area contributed by atoms with Gasteiger partial charge in [-0.15, -0.1) is 5.10 Å². The standard InChI is InChI=1S/C32H24BClF2N6O3/c1-32(2)31(27-28(43)20-10-6-7-11-21(20)29(44)30(27)45-32)40-17-19(38-39-40)16-37-25-15-13-23-26(18-8-4-3-5-9-18)22-12-14-24(34)41(22)33(35,36)42(23)25/h3-15,17,31,37H,16H2,1-2H3. The van der Waals surface area contributed by atoms with Gasteiger partial charge in [-0.2, -0.15) is 0 Å². The lowest BCUT2D eigenvalue weighted by molar-refractivity contribution is -0.363. The smallest absolute Gasteiger partial charge is 0.481 e. The number of fused-ring (bicyclic) bond motifs is 3. The van der Waals surface area contributed by atoms with Gasteiger partial charge in [0, 0.05) is 28.5 Å². The number of ketones is 2. The average Bonchev–Trinajstić information content (AvgIpc) is 3.80. The Morgan fingerprint density at radius 1 is 1.00 bits per heavy atom. The molecule has 1 N–H and O–H groups in total. The van der Waals surface area contributed by atoms with Crippen molar-refractivity contribution >= 4 is 41.5 Å². The van der Waals surface area contributed by atoms with Crippen LogP contribution in [-0.4, -0.2) is 53.9 Å². The molecule has 1 atom stereocenters. The molecule has 2 aromatic heterocycles. The van der Waals surface area contributed by atoms with Gasteiger partial charge in [0.25, 0.3) is 0 Å². The van der Waals surface area contributed by atoms with Crippen molar-refractivity contribution in [3.8, 4) is 0 Å². The molecule has 4 aromatic rings. The highest BCUT2D eigenvalue weighted by Crippen LogP contribution is 2.47. The van der Waals surface area contributed by atoms with Crippen LogP contribution in [0.15, 0.2) is 102 Å². The number of nitrogens with one attached hydrogen (secondary N) is 1. The number of Topliss-reactive ketones (excluding diaryl/α,β-unsaturated/α-hetero) is 2. The van der Waals surface area contributed by atoms with Crippen molar-refractivity contribution in [1.29, 1.82) is 0 Å². The van der Waals surface area contributed by atoms with Crippen molar-refractivity contribution in [3.63, 3.8) is 0 Å². The Balaban J connectivity index is 1.13. The van der Waals surface area contributed by atoms with E-state index in [-0.39, 0.29) is 40.4 Å². The van der Waals surface area contributed by atoms with Crippen LogP contribution in [0.5, 0.6) is 0 Å². The number of benzene rings is 2. The van der Waals surface area contributed by atoms with Gasteiger partial charge in [0.2, 0.25) is 11.6 Å². The Labute approximate surface area is 260 Å². The number of hydrogen-bond donors (Lipinski definition) is 1. The van der Waals surface area contributed by atoms with E-state index in [1.807, 2.05) is 30.3 Å². The summed E-state index contributed by atoms with van der Waals surface area (Å²) in [5, 5.41) is 11.6. The molecule has 9 nitrogen and oxygen atoms in total. The Morgan fingerprint density at radius 3 is 2.47 bits per heavy atom. The molecule has 0 spiro atoms. The van der Waals surface area contributed by atoms with Gasteiger partial charge < -0.3 is 22.3 Å². The molecule has 13 heteroatoms. The molecule has 8 rings (SSSR count). The van der Waals surface area contributed by atoms with Crippen molar-refractivity contribution in [2.24, 2.45) is 0 Å². The summed E-state index contributed by atoms with van der Waals surface area (Å²) < 4.78 is 41.7. The Morgan fingerprint density at radius 2 is 1.71 bits per heavy atom. The van der Waals surface area contributed by atoms with E-state index in [1.165, 1.54) is 10.7 Å². The van der Waals surface area contributed by atoms with Crippen molar-refractivity contribution in [2.75, 3.05) is 0 Å². The van der Waals surface area contributed by atoms with Gasteiger partial charge in [0.15, 0.2) is 11.5 Å². The number of allylic oxidation sites excluding steroid dienone is 2. The van der Waals surface area contributed by atoms with Crippen LogP contribution in [0, 0.1) is 0 Å². The Bertz CT molecular complexity index is 2110. The summed E-state index contributed by atoms with van der Waals surface area (Å²) in [5.74, 6) is -0.464. The Hall–Kier alpha value is -5.10. The van der Waals surface area contributed by atoms with Crippen molar-refractivity contribution in [2.45, 2.75) is 32.0 Å². The first-order chi connectivity index (χ1) is 21.6. The Kier molecular flexibility index (Phi) is 5.77. The molecular formula is C32H24BClF2N6O3. The fourth-order valence-corrected chi connectivity index (χ4v) is 7.03. The summed E-state index contributed by atoms with van der Waals surface area (Å²) in [6, 6.07) is 18.3. The average molecular weight is 625 g/mol. The van der Waals surface area contributed by atoms with Crippen LogP contribution in [0.4, 0.5) is 8.63 Å². The summed E-state index contributed by atoms with van der Waals surface area (Å²) >= 11 is 6.31. The normalized spacial score (nSPS) is 20.7. The molecule has 5 heterocycles. The van der Waals surface area contributed by atoms with E-state index in [0.29, 0.717) is 33.8 Å². The number of hydrogen-bond acceptors (Lipinski definition) is 6. The highest BCUT2D eigenvalue weighted by Gasteiger charge is 2.53. The third-order valence-electron chi connectivity index (χ3n) is 8.66. The first kappa shape index (κ1) is 27.5. The second-order valence-corrected chi connectivity index (χ2v) is 12.2. The van der Waals surface area contributed by atoms with Crippen molar-refractivity contribution in [3.05, 3.63) is 135 Å². The van der Waals surface area contributed by atoms with Crippen LogP contribution in [-0.2, 0) is 11.3 Å². The predicted molar refractivity (Wildman–Crippen MR) is 163 cm³/mol. The number of nitrogens with zero attached hydrogens (tertiary/aromatic N) is 5. The molecule has 0 fully saturated rings. The molecule has 0 amide bonds. The largest absolute Gasteiger partial charge is 0.640 e. The summed E-state index contributed by atoms with van der Waals surface area (Å²) in [6.45, 7) is -0.726. The van der Waals surface area contributed by atoms with E-state index in [4.69, 9.17) is 16.3 Å². The molecule has 45 heavy (non-hydrogen) atoms. The summed E-state index contributed by atoms with van der Waals surface area (Å²) in [6.07, 6.45) is 4.90. The fraction of sp³-hybridized carbons (Fsp3) is 0.156. The minimum Gasteiger partial charge on any atom is -0.481 e. The first-order valence-corrected chi connectivity index (χ1v) is 14.8. The van der Waals surface area contributed by atoms with Gasteiger partial charge in [-0.3, -0.25) is 14.9 Å². The zero-order chi connectivity index (χ0) is 31.2. The van der Waals surface area contributed by atoms with Crippen LogP contribution in [0.2, 0.25) is 5.15 Å². The molecule has 0 saturated heterocycles. The van der Waals surface area contributed by atoms with Gasteiger partial charge >= 0.3 is 6.97 Å². The van der Waals surface area contributed by atoms with E-state index >= 15 is 8.63 Å². The molecule has 3 aliphatic heterocycles. The number of ether oxygens (including phenoxy) is 1. The number of aromatic nitrogens is 4. The van der Waals surface area contributed by atoms with E-state index in [1.54, 1.807) is 62.5 Å². The third-order valence-corrected chi connectivity index (χ3v) is 8.97. The number of rotatable bonds is 4. The number of carbonyl (C=O) groups is 2. The fourth-order valence-electron chi connectivity index (χ4n) is 6.76. The molecule has 0 bridgehead atoms. The van der Waals surface area contributed by atoms with Crippen LogP contribution in [0.1, 0.15) is 57.6 Å². The quantitative estimate of drug-likeness (QED) is 0.315. The minimum atomic E-state index is -4.33. The van der Waals surface area contributed by atoms with Gasteiger partial charge in [0.05, 0.1) is 22.6 Å². The van der Waals surface area contributed by atoms with E-state index in [0.717, 1.165) is 14.5 Å². The first-order valence-electron chi connectivity index (χ1n) is 14.4. The summed E-state index contributed by atoms with van der Waals surface area (Å²) in [7, 11) is 0. The van der Waals surface area contributed by atoms with Crippen LogP contribution in [0.3, 0.4) is 0 Å². The maximum atomic E-state index is 16.2. The van der Waals surface area contributed by atoms with Gasteiger partial charge in [-0.1, -0.05) is 71.4 Å². The maximum Gasteiger partial charge on any atom is 0.640 e. The van der Waals surface area contributed by atoms with Crippen LogP contribution >= 0.6 is 11.6 Å². The van der Waals surface area contributed by atoms with Crippen molar-refractivity contribution in [1.82, 2.24) is 24.8 Å². The molecular weight excluding hydrogens is 601 g/mol. The number of carbonyl (C=O) groups excluding carboxylic acids is 2. The zero-order valence-corrected chi connectivity index (χ0v) is 24.8. The van der Waals surface area contributed by atoms with Crippen LogP contribution < -0.4 is 5.32 Å². The lowest BCUT2D eigenvalue weighted by Crippen LogP contribution is -2.52.